The summed E-state index contributed by atoms with van der Waals surface area (Å²) in [4.78, 5) is 16.9. The van der Waals surface area contributed by atoms with Crippen LogP contribution in [0.4, 0.5) is 0 Å². The molecule has 0 saturated heterocycles. The predicted molar refractivity (Wildman–Crippen MR) is 79.8 cm³/mol. The van der Waals surface area contributed by atoms with Gasteiger partial charge < -0.3 is 5.32 Å². The zero-order valence-electron chi connectivity index (χ0n) is 11.0. The zero-order chi connectivity index (χ0) is 14.0. The second-order valence-electron chi connectivity index (χ2n) is 5.21. The number of carbonyl (C=O) groups excluding carboxylic acids is 1. The standard InChI is InChI=1S/C14H15ClN2OS/c1-14(2,3)17-12(18)11-8-16-13(19-11)9-6-4-5-7-10(9)15/h4-8H,1-3H3,(H,17,18). The van der Waals surface area contributed by atoms with E-state index < -0.39 is 0 Å². The molecule has 0 aliphatic heterocycles. The maximum absolute atomic E-state index is 12.0. The maximum atomic E-state index is 12.0. The second-order valence-corrected chi connectivity index (χ2v) is 6.65. The van der Waals surface area contributed by atoms with Crippen LogP contribution >= 0.6 is 22.9 Å². The van der Waals surface area contributed by atoms with Crippen molar-refractivity contribution in [3.8, 4) is 10.6 Å². The van der Waals surface area contributed by atoms with Gasteiger partial charge in [0.25, 0.3) is 5.91 Å². The van der Waals surface area contributed by atoms with Crippen molar-refractivity contribution in [2.45, 2.75) is 26.3 Å². The number of rotatable bonds is 2. The van der Waals surface area contributed by atoms with Gasteiger partial charge in [-0.05, 0) is 26.8 Å². The monoisotopic (exact) mass is 294 g/mol. The molecule has 0 bridgehead atoms. The molecule has 1 heterocycles. The van der Waals surface area contributed by atoms with E-state index in [0.29, 0.717) is 9.90 Å². The van der Waals surface area contributed by atoms with Crippen LogP contribution in [0.25, 0.3) is 10.6 Å². The third-order valence-corrected chi connectivity index (χ3v) is 3.68. The van der Waals surface area contributed by atoms with Crippen LogP contribution in [0.5, 0.6) is 0 Å². The number of aromatic nitrogens is 1. The van der Waals surface area contributed by atoms with E-state index in [1.807, 2.05) is 45.0 Å². The normalized spacial score (nSPS) is 11.4. The summed E-state index contributed by atoms with van der Waals surface area (Å²) >= 11 is 7.46. The molecular formula is C14H15ClN2OS. The Hall–Kier alpha value is -1.39. The molecule has 1 N–H and O–H groups in total. The van der Waals surface area contributed by atoms with Crippen LogP contribution in [-0.2, 0) is 0 Å². The Morgan fingerprint density at radius 3 is 2.63 bits per heavy atom. The number of halogens is 1. The van der Waals surface area contributed by atoms with Crippen LogP contribution < -0.4 is 5.32 Å². The third kappa shape index (κ3) is 3.55. The average Bonchev–Trinajstić information content (AvgIpc) is 2.76. The molecule has 0 unspecified atom stereocenters. The highest BCUT2D eigenvalue weighted by Gasteiger charge is 2.18. The van der Waals surface area contributed by atoms with Gasteiger partial charge in [0.15, 0.2) is 0 Å². The van der Waals surface area contributed by atoms with Gasteiger partial charge >= 0.3 is 0 Å². The van der Waals surface area contributed by atoms with E-state index >= 15 is 0 Å². The Bertz CT molecular complexity index is 601. The Morgan fingerprint density at radius 2 is 2.00 bits per heavy atom. The van der Waals surface area contributed by atoms with Crippen LogP contribution in [0, 0.1) is 0 Å². The number of hydrogen-bond acceptors (Lipinski definition) is 3. The number of nitrogens with one attached hydrogen (secondary N) is 1. The summed E-state index contributed by atoms with van der Waals surface area (Å²) in [5, 5.41) is 4.31. The van der Waals surface area contributed by atoms with Gasteiger partial charge in [-0.15, -0.1) is 11.3 Å². The van der Waals surface area contributed by atoms with Crippen molar-refractivity contribution in [3.63, 3.8) is 0 Å². The second kappa shape index (κ2) is 5.31. The van der Waals surface area contributed by atoms with Crippen molar-refractivity contribution >= 4 is 28.8 Å². The van der Waals surface area contributed by atoms with Gasteiger partial charge in [-0.1, -0.05) is 29.8 Å². The summed E-state index contributed by atoms with van der Waals surface area (Å²) in [6, 6.07) is 7.48. The Morgan fingerprint density at radius 1 is 1.32 bits per heavy atom. The SMILES string of the molecule is CC(C)(C)NC(=O)c1cnc(-c2ccccc2Cl)s1. The highest BCUT2D eigenvalue weighted by atomic mass is 35.5. The van der Waals surface area contributed by atoms with Crippen molar-refractivity contribution in [2.75, 3.05) is 0 Å². The minimum atomic E-state index is -0.258. The minimum Gasteiger partial charge on any atom is -0.347 e. The molecular weight excluding hydrogens is 280 g/mol. The van der Waals surface area contributed by atoms with Gasteiger partial charge in [0.05, 0.1) is 11.2 Å². The molecule has 1 aromatic heterocycles. The largest absolute Gasteiger partial charge is 0.347 e. The number of nitrogens with zero attached hydrogens (tertiary/aromatic N) is 1. The smallest absolute Gasteiger partial charge is 0.263 e. The number of amides is 1. The fourth-order valence-corrected chi connectivity index (χ4v) is 2.67. The van der Waals surface area contributed by atoms with Crippen LogP contribution in [0.15, 0.2) is 30.5 Å². The van der Waals surface area contributed by atoms with Gasteiger partial charge in [-0.2, -0.15) is 0 Å². The molecule has 19 heavy (non-hydrogen) atoms. The molecule has 0 spiro atoms. The molecule has 2 aromatic rings. The molecule has 1 aromatic carbocycles. The first-order chi connectivity index (χ1) is 8.87. The number of hydrogen-bond donors (Lipinski definition) is 1. The van der Waals surface area contributed by atoms with Gasteiger partial charge in [0.1, 0.15) is 9.88 Å². The number of benzene rings is 1. The van der Waals surface area contributed by atoms with E-state index in [-0.39, 0.29) is 11.4 Å². The minimum absolute atomic E-state index is 0.108. The highest BCUT2D eigenvalue weighted by molar-refractivity contribution is 7.17. The molecule has 0 aliphatic rings. The van der Waals surface area contributed by atoms with Crippen molar-refractivity contribution in [1.82, 2.24) is 10.3 Å². The molecule has 0 atom stereocenters. The van der Waals surface area contributed by atoms with Crippen molar-refractivity contribution in [3.05, 3.63) is 40.4 Å². The Kier molecular flexibility index (Phi) is 3.92. The number of thiazole rings is 1. The van der Waals surface area contributed by atoms with Crippen molar-refractivity contribution in [2.24, 2.45) is 0 Å². The summed E-state index contributed by atoms with van der Waals surface area (Å²) in [7, 11) is 0. The van der Waals surface area contributed by atoms with Gasteiger partial charge in [-0.3, -0.25) is 4.79 Å². The van der Waals surface area contributed by atoms with Crippen LogP contribution in [-0.4, -0.2) is 16.4 Å². The van der Waals surface area contributed by atoms with E-state index in [4.69, 9.17) is 11.6 Å². The van der Waals surface area contributed by atoms with Crippen molar-refractivity contribution in [1.29, 1.82) is 0 Å². The maximum Gasteiger partial charge on any atom is 0.263 e. The third-order valence-electron chi connectivity index (χ3n) is 2.32. The van der Waals surface area contributed by atoms with Gasteiger partial charge in [0.2, 0.25) is 0 Å². The lowest BCUT2D eigenvalue weighted by Gasteiger charge is -2.19. The first-order valence-corrected chi connectivity index (χ1v) is 7.09. The molecule has 0 saturated carbocycles. The quantitative estimate of drug-likeness (QED) is 0.910. The van der Waals surface area contributed by atoms with E-state index in [2.05, 4.69) is 10.3 Å². The lowest BCUT2D eigenvalue weighted by Crippen LogP contribution is -2.40. The molecule has 0 aliphatic carbocycles. The summed E-state index contributed by atoms with van der Waals surface area (Å²) in [5.74, 6) is -0.108. The molecule has 1 amide bonds. The number of carbonyl (C=O) groups is 1. The lowest BCUT2D eigenvalue weighted by molar-refractivity contribution is 0.0923. The first kappa shape index (κ1) is 14.0. The fourth-order valence-electron chi connectivity index (χ4n) is 1.54. The first-order valence-electron chi connectivity index (χ1n) is 5.90. The Labute approximate surface area is 121 Å². The molecule has 3 nitrogen and oxygen atoms in total. The van der Waals surface area contributed by atoms with E-state index in [0.717, 1.165) is 10.6 Å². The van der Waals surface area contributed by atoms with Gasteiger partial charge in [-0.25, -0.2) is 4.98 Å². The zero-order valence-corrected chi connectivity index (χ0v) is 12.6. The van der Waals surface area contributed by atoms with E-state index in [1.165, 1.54) is 11.3 Å². The summed E-state index contributed by atoms with van der Waals surface area (Å²) in [5.41, 5.74) is 0.593. The topological polar surface area (TPSA) is 42.0 Å². The lowest BCUT2D eigenvalue weighted by atomic mass is 10.1. The van der Waals surface area contributed by atoms with Crippen LogP contribution in [0.2, 0.25) is 5.02 Å². The van der Waals surface area contributed by atoms with Crippen LogP contribution in [0.3, 0.4) is 0 Å². The van der Waals surface area contributed by atoms with Crippen LogP contribution in [0.1, 0.15) is 30.4 Å². The molecule has 0 radical (unpaired) electrons. The fraction of sp³-hybridized carbons (Fsp3) is 0.286. The predicted octanol–water partition coefficient (Wildman–Crippen LogP) is 3.99. The summed E-state index contributed by atoms with van der Waals surface area (Å²) < 4.78 is 0. The van der Waals surface area contributed by atoms with E-state index in [1.54, 1.807) is 6.20 Å². The van der Waals surface area contributed by atoms with Crippen molar-refractivity contribution < 1.29 is 4.79 Å². The Balaban J connectivity index is 2.25. The highest BCUT2D eigenvalue weighted by Crippen LogP contribution is 2.30. The summed E-state index contributed by atoms with van der Waals surface area (Å²) in [6.45, 7) is 5.84. The molecule has 0 fully saturated rings. The molecule has 2 rings (SSSR count). The summed E-state index contributed by atoms with van der Waals surface area (Å²) in [6.07, 6.45) is 1.59. The van der Waals surface area contributed by atoms with E-state index in [9.17, 15) is 4.79 Å². The average molecular weight is 295 g/mol. The van der Waals surface area contributed by atoms with Gasteiger partial charge in [0, 0.05) is 11.1 Å². The molecule has 100 valence electrons. The molecule has 5 heteroatoms.